The summed E-state index contributed by atoms with van der Waals surface area (Å²) in [6.07, 6.45) is 17.0. The van der Waals surface area contributed by atoms with E-state index in [1.807, 2.05) is 55.5 Å². The van der Waals surface area contributed by atoms with E-state index in [1.54, 1.807) is 25.1 Å². The van der Waals surface area contributed by atoms with Gasteiger partial charge in [-0.25, -0.2) is 4.31 Å². The van der Waals surface area contributed by atoms with E-state index in [0.717, 1.165) is 48.8 Å². The largest absolute Gasteiger partial charge is 0.383 e. The number of aliphatic hydroxyl groups excluding tert-OH is 1. The SMILES string of the molecule is C=C(/C=C\C(=C\C(O)N(C)C1=CC2C=CC(=O)N[C@H]2C=C1)N1CCCC1)SN(C)CCOC. The van der Waals surface area contributed by atoms with E-state index in [9.17, 15) is 9.90 Å². The zero-order valence-electron chi connectivity index (χ0n) is 19.8. The molecule has 1 aliphatic carbocycles. The number of allylic oxidation sites excluding steroid dienone is 3. The average molecular weight is 473 g/mol. The minimum atomic E-state index is -0.787. The first-order valence-corrected chi connectivity index (χ1v) is 12.2. The molecule has 3 rings (SSSR count). The Morgan fingerprint density at radius 2 is 2.09 bits per heavy atom. The van der Waals surface area contributed by atoms with Crippen molar-refractivity contribution in [2.75, 3.05) is 47.4 Å². The Hall–Kier alpha value is -2.26. The van der Waals surface area contributed by atoms with Crippen molar-refractivity contribution in [3.8, 4) is 0 Å². The number of nitrogens with zero attached hydrogens (tertiary/aromatic N) is 3. The van der Waals surface area contributed by atoms with Crippen LogP contribution in [0.25, 0.3) is 0 Å². The third-order valence-corrected chi connectivity index (χ3v) is 6.81. The fourth-order valence-electron chi connectivity index (χ4n) is 3.99. The Bertz CT molecular complexity index is 858. The molecule has 0 spiro atoms. The number of methoxy groups -OCH3 is 1. The van der Waals surface area contributed by atoms with Crippen LogP contribution in [-0.2, 0) is 9.53 Å². The van der Waals surface area contributed by atoms with Gasteiger partial charge in [0.25, 0.3) is 0 Å². The summed E-state index contributed by atoms with van der Waals surface area (Å²) in [5.41, 5.74) is 1.92. The molecule has 33 heavy (non-hydrogen) atoms. The van der Waals surface area contributed by atoms with Gasteiger partial charge in [-0.2, -0.15) is 0 Å². The number of nitrogens with one attached hydrogen (secondary N) is 1. The maximum Gasteiger partial charge on any atom is 0.244 e. The number of ether oxygens (including phenoxy) is 1. The summed E-state index contributed by atoms with van der Waals surface area (Å²) in [5.74, 6) is 0.0236. The van der Waals surface area contributed by atoms with Crippen molar-refractivity contribution in [1.29, 1.82) is 0 Å². The monoisotopic (exact) mass is 472 g/mol. The molecule has 0 radical (unpaired) electrons. The lowest BCUT2D eigenvalue weighted by molar-refractivity contribution is -0.117. The van der Waals surface area contributed by atoms with Gasteiger partial charge in [0.15, 0.2) is 0 Å². The maximum absolute atomic E-state index is 11.6. The number of carbonyl (C=O) groups excluding carboxylic acids is 1. The summed E-state index contributed by atoms with van der Waals surface area (Å²) < 4.78 is 7.22. The van der Waals surface area contributed by atoms with E-state index >= 15 is 0 Å². The quantitative estimate of drug-likeness (QED) is 0.272. The minimum absolute atomic E-state index is 0.0269. The molecular formula is C25H36N4O3S. The Morgan fingerprint density at radius 1 is 1.33 bits per heavy atom. The van der Waals surface area contributed by atoms with Crippen molar-refractivity contribution in [2.45, 2.75) is 25.1 Å². The summed E-state index contributed by atoms with van der Waals surface area (Å²) >= 11 is 1.58. The van der Waals surface area contributed by atoms with Crippen molar-refractivity contribution >= 4 is 17.9 Å². The molecule has 0 saturated carbocycles. The first-order valence-electron chi connectivity index (χ1n) is 11.4. The zero-order chi connectivity index (χ0) is 23.8. The predicted octanol–water partition coefficient (Wildman–Crippen LogP) is 2.64. The molecular weight excluding hydrogens is 436 g/mol. The number of hydrogen-bond donors (Lipinski definition) is 2. The standard InChI is InChI=1S/C25H36N4O3S/c1-19(33-27(2)15-16-32-4)7-9-22(29-13-5-6-14-29)18-25(31)28(3)21-10-11-23-20(17-21)8-12-24(30)26-23/h7-12,17-18,20,23,25,31H,1,5-6,13-16H2,2-4H3,(H,26,30)/b9-7-,22-18-/t20?,23-,25?/m0/s1. The number of hydrogen-bond acceptors (Lipinski definition) is 7. The Labute approximate surface area is 201 Å². The predicted molar refractivity (Wildman–Crippen MR) is 135 cm³/mol. The van der Waals surface area contributed by atoms with E-state index in [1.165, 1.54) is 0 Å². The van der Waals surface area contributed by atoms with Crippen LogP contribution in [0.3, 0.4) is 0 Å². The smallest absolute Gasteiger partial charge is 0.244 e. The Balaban J connectivity index is 1.69. The Kier molecular flexibility index (Phi) is 9.43. The first-order chi connectivity index (χ1) is 15.9. The highest BCUT2D eigenvalue weighted by molar-refractivity contribution is 8.01. The maximum atomic E-state index is 11.6. The van der Waals surface area contributed by atoms with Crippen molar-refractivity contribution in [1.82, 2.24) is 19.4 Å². The molecule has 2 unspecified atom stereocenters. The van der Waals surface area contributed by atoms with Crippen LogP contribution in [0.2, 0.25) is 0 Å². The zero-order valence-corrected chi connectivity index (χ0v) is 20.6. The molecule has 0 aromatic heterocycles. The van der Waals surface area contributed by atoms with Crippen LogP contribution >= 0.6 is 11.9 Å². The van der Waals surface area contributed by atoms with Gasteiger partial charge in [0.05, 0.1) is 12.6 Å². The van der Waals surface area contributed by atoms with Crippen molar-refractivity contribution in [3.63, 3.8) is 0 Å². The number of amides is 1. The molecule has 2 N–H and O–H groups in total. The molecule has 180 valence electrons. The van der Waals surface area contributed by atoms with Gasteiger partial charge in [-0.15, -0.1) is 0 Å². The fraction of sp³-hybridized carbons (Fsp3) is 0.480. The molecule has 0 bridgehead atoms. The van der Waals surface area contributed by atoms with Crippen LogP contribution in [-0.4, -0.2) is 84.8 Å². The molecule has 7 nitrogen and oxygen atoms in total. The van der Waals surface area contributed by atoms with Gasteiger partial charge in [-0.3, -0.25) is 4.79 Å². The van der Waals surface area contributed by atoms with Gasteiger partial charge in [0.1, 0.15) is 6.23 Å². The molecule has 8 heteroatoms. The molecule has 0 aromatic carbocycles. The molecule has 1 saturated heterocycles. The molecule has 3 atom stereocenters. The van der Waals surface area contributed by atoms with E-state index in [-0.39, 0.29) is 17.9 Å². The lowest BCUT2D eigenvalue weighted by Crippen LogP contribution is -2.42. The highest BCUT2D eigenvalue weighted by atomic mass is 32.2. The molecule has 1 fully saturated rings. The van der Waals surface area contributed by atoms with Crippen LogP contribution in [0.4, 0.5) is 0 Å². The van der Waals surface area contributed by atoms with Crippen LogP contribution in [0.15, 0.2) is 71.5 Å². The first kappa shape index (κ1) is 25.4. The number of rotatable bonds is 11. The van der Waals surface area contributed by atoms with Crippen molar-refractivity contribution < 1.29 is 14.6 Å². The molecule has 2 aliphatic heterocycles. The van der Waals surface area contributed by atoms with E-state index in [2.05, 4.69) is 27.2 Å². The van der Waals surface area contributed by atoms with E-state index in [4.69, 9.17) is 4.74 Å². The van der Waals surface area contributed by atoms with Gasteiger partial charge in [0, 0.05) is 56.0 Å². The topological polar surface area (TPSA) is 68.3 Å². The van der Waals surface area contributed by atoms with Crippen LogP contribution in [0.5, 0.6) is 0 Å². The van der Waals surface area contributed by atoms with E-state index in [0.29, 0.717) is 6.61 Å². The molecule has 0 aromatic rings. The molecule has 2 heterocycles. The average Bonchev–Trinajstić information content (AvgIpc) is 3.34. The van der Waals surface area contributed by atoms with Gasteiger partial charge >= 0.3 is 0 Å². The molecule has 1 amide bonds. The van der Waals surface area contributed by atoms with Gasteiger partial charge in [0.2, 0.25) is 5.91 Å². The Morgan fingerprint density at radius 3 is 2.82 bits per heavy atom. The van der Waals surface area contributed by atoms with Gasteiger partial charge in [-0.1, -0.05) is 24.8 Å². The number of carbonyl (C=O) groups is 1. The normalized spacial score (nSPS) is 23.7. The van der Waals surface area contributed by atoms with Gasteiger partial charge < -0.3 is 25.0 Å². The second-order valence-electron chi connectivity index (χ2n) is 8.47. The number of aliphatic hydroxyl groups is 1. The summed E-state index contributed by atoms with van der Waals surface area (Å²) in [7, 11) is 5.60. The second kappa shape index (κ2) is 12.3. The minimum Gasteiger partial charge on any atom is -0.383 e. The van der Waals surface area contributed by atoms with E-state index < -0.39 is 6.23 Å². The van der Waals surface area contributed by atoms with Gasteiger partial charge in [-0.05, 0) is 62.2 Å². The number of likely N-dealkylation sites (tertiary alicyclic amines) is 1. The lowest BCUT2D eigenvalue weighted by Gasteiger charge is -2.32. The summed E-state index contributed by atoms with van der Waals surface area (Å²) in [6.45, 7) is 7.61. The third kappa shape index (κ3) is 7.37. The fourth-order valence-corrected chi connectivity index (χ4v) is 4.68. The highest BCUT2D eigenvalue weighted by Crippen LogP contribution is 2.25. The lowest BCUT2D eigenvalue weighted by atomic mass is 9.90. The van der Waals surface area contributed by atoms with Crippen LogP contribution < -0.4 is 5.32 Å². The van der Waals surface area contributed by atoms with Crippen molar-refractivity contribution in [3.05, 3.63) is 71.5 Å². The third-order valence-electron chi connectivity index (χ3n) is 5.95. The molecule has 3 aliphatic rings. The van der Waals surface area contributed by atoms with Crippen molar-refractivity contribution in [2.24, 2.45) is 5.92 Å². The number of fused-ring (bicyclic) bond motifs is 1. The highest BCUT2D eigenvalue weighted by Gasteiger charge is 2.25. The second-order valence-corrected chi connectivity index (χ2v) is 9.80. The number of likely N-dealkylation sites (N-methyl/N-ethyl adjacent to an activating group) is 2. The summed E-state index contributed by atoms with van der Waals surface area (Å²) in [6, 6.07) is -0.0269. The van der Waals surface area contributed by atoms with Crippen LogP contribution in [0, 0.1) is 5.92 Å². The summed E-state index contributed by atoms with van der Waals surface area (Å²) in [4.78, 5) is 16.6. The van der Waals surface area contributed by atoms with Crippen LogP contribution in [0.1, 0.15) is 12.8 Å². The summed E-state index contributed by atoms with van der Waals surface area (Å²) in [5, 5.41) is 14.0.